The van der Waals surface area contributed by atoms with E-state index in [0.29, 0.717) is 18.8 Å². The normalized spacial score (nSPS) is 15.6. The van der Waals surface area contributed by atoms with Gasteiger partial charge in [0.1, 0.15) is 11.7 Å². The lowest BCUT2D eigenvalue weighted by Gasteiger charge is -2.27. The molecule has 86 valence electrons. The number of nitrogens with zero attached hydrogens (tertiary/aromatic N) is 1. The van der Waals surface area contributed by atoms with Crippen molar-refractivity contribution in [3.63, 3.8) is 0 Å². The molecule has 5 nitrogen and oxygen atoms in total. The van der Waals surface area contributed by atoms with Crippen LogP contribution in [0.5, 0.6) is 5.88 Å². The first-order valence-corrected chi connectivity index (χ1v) is 5.04. The molecule has 0 aromatic carbocycles. The number of hydrogen-bond donors (Lipinski definition) is 1. The van der Waals surface area contributed by atoms with E-state index in [1.54, 1.807) is 13.0 Å². The molecule has 1 aromatic heterocycles. The number of ether oxygens (including phenoxy) is 2. The Balaban J connectivity index is 2.35. The predicted molar refractivity (Wildman–Crippen MR) is 55.9 cm³/mol. The lowest BCUT2D eigenvalue weighted by atomic mass is 10.1. The number of carbonyl (C=O) groups is 1. The maximum Gasteiger partial charge on any atom is 0.341 e. The van der Waals surface area contributed by atoms with Gasteiger partial charge >= 0.3 is 5.97 Å². The van der Waals surface area contributed by atoms with Crippen LogP contribution in [0.1, 0.15) is 21.6 Å². The molecule has 1 aliphatic rings. The molecule has 2 heterocycles. The maximum absolute atomic E-state index is 11.1. The second-order valence-electron chi connectivity index (χ2n) is 3.84. The second kappa shape index (κ2) is 4.09. The first-order valence-electron chi connectivity index (χ1n) is 5.04. The maximum atomic E-state index is 11.1. The first-order chi connectivity index (χ1) is 7.58. The molecule has 1 aliphatic heterocycles. The van der Waals surface area contributed by atoms with E-state index in [-0.39, 0.29) is 17.5 Å². The molecule has 2 rings (SSSR count). The van der Waals surface area contributed by atoms with Gasteiger partial charge in [-0.3, -0.25) is 0 Å². The Bertz CT molecular complexity index is 426. The number of aryl methyl sites for hydroxylation is 2. The zero-order valence-corrected chi connectivity index (χ0v) is 9.19. The number of carboxylic acids is 1. The van der Waals surface area contributed by atoms with Gasteiger partial charge in [0.2, 0.25) is 5.88 Å². The smallest absolute Gasteiger partial charge is 0.341 e. The van der Waals surface area contributed by atoms with E-state index in [2.05, 4.69) is 4.98 Å². The van der Waals surface area contributed by atoms with Gasteiger partial charge in [0.15, 0.2) is 0 Å². The van der Waals surface area contributed by atoms with Gasteiger partial charge < -0.3 is 14.6 Å². The second-order valence-corrected chi connectivity index (χ2v) is 3.84. The topological polar surface area (TPSA) is 68.7 Å². The van der Waals surface area contributed by atoms with Gasteiger partial charge in [-0.2, -0.15) is 0 Å². The molecule has 1 fully saturated rings. The van der Waals surface area contributed by atoms with Crippen LogP contribution in [0.25, 0.3) is 0 Å². The number of pyridine rings is 1. The van der Waals surface area contributed by atoms with E-state index in [0.717, 1.165) is 5.69 Å². The molecule has 1 aromatic rings. The summed E-state index contributed by atoms with van der Waals surface area (Å²) in [5.74, 6) is -0.821. The molecule has 0 radical (unpaired) electrons. The lowest BCUT2D eigenvalue weighted by Crippen LogP contribution is -2.39. The van der Waals surface area contributed by atoms with Crippen LogP contribution in [0.4, 0.5) is 0 Å². The van der Waals surface area contributed by atoms with E-state index in [1.165, 1.54) is 0 Å². The van der Waals surface area contributed by atoms with Gasteiger partial charge in [-0.15, -0.1) is 0 Å². The molecule has 16 heavy (non-hydrogen) atoms. The summed E-state index contributed by atoms with van der Waals surface area (Å²) >= 11 is 0. The van der Waals surface area contributed by atoms with Gasteiger partial charge in [0, 0.05) is 5.69 Å². The summed E-state index contributed by atoms with van der Waals surface area (Å²) in [4.78, 5) is 15.2. The van der Waals surface area contributed by atoms with Gasteiger partial charge in [0.25, 0.3) is 0 Å². The van der Waals surface area contributed by atoms with Crippen molar-refractivity contribution in [2.45, 2.75) is 20.0 Å². The lowest BCUT2D eigenvalue weighted by molar-refractivity contribution is -0.0816. The van der Waals surface area contributed by atoms with E-state index < -0.39 is 5.97 Å². The van der Waals surface area contributed by atoms with Crippen molar-refractivity contribution in [2.24, 2.45) is 0 Å². The Hall–Kier alpha value is -1.62. The highest BCUT2D eigenvalue weighted by atomic mass is 16.6. The molecule has 1 N–H and O–H groups in total. The number of rotatable bonds is 3. The molecule has 5 heteroatoms. The average molecular weight is 223 g/mol. The SMILES string of the molecule is Cc1cc(C)c(C(=O)O)c(OC2COC2)n1. The molecule has 0 spiro atoms. The highest BCUT2D eigenvalue weighted by Crippen LogP contribution is 2.23. The third-order valence-electron chi connectivity index (χ3n) is 2.41. The summed E-state index contributed by atoms with van der Waals surface area (Å²) in [6, 6.07) is 1.73. The van der Waals surface area contributed by atoms with Crippen LogP contribution in [0.2, 0.25) is 0 Å². The van der Waals surface area contributed by atoms with Gasteiger partial charge in [0.05, 0.1) is 13.2 Å². The van der Waals surface area contributed by atoms with E-state index in [9.17, 15) is 4.79 Å². The molecule has 1 saturated heterocycles. The highest BCUT2D eigenvalue weighted by Gasteiger charge is 2.25. The van der Waals surface area contributed by atoms with Crippen molar-refractivity contribution in [1.82, 2.24) is 4.98 Å². The summed E-state index contributed by atoms with van der Waals surface area (Å²) in [5.41, 5.74) is 1.55. The van der Waals surface area contributed by atoms with Gasteiger partial charge in [-0.25, -0.2) is 9.78 Å². The summed E-state index contributed by atoms with van der Waals surface area (Å²) in [6.07, 6.45) is -0.0770. The Morgan fingerprint density at radius 2 is 2.25 bits per heavy atom. The van der Waals surface area contributed by atoms with Gasteiger partial charge in [-0.05, 0) is 25.5 Å². The molecule has 0 aliphatic carbocycles. The first kappa shape index (κ1) is 10.9. The Labute approximate surface area is 93.0 Å². The Morgan fingerprint density at radius 3 is 2.75 bits per heavy atom. The third-order valence-corrected chi connectivity index (χ3v) is 2.41. The fourth-order valence-electron chi connectivity index (χ4n) is 1.59. The van der Waals surface area contributed by atoms with Crippen molar-refractivity contribution in [3.05, 3.63) is 22.9 Å². The van der Waals surface area contributed by atoms with Crippen LogP contribution in [-0.2, 0) is 4.74 Å². The summed E-state index contributed by atoms with van der Waals surface area (Å²) < 4.78 is 10.5. The van der Waals surface area contributed by atoms with Crippen LogP contribution in [0.3, 0.4) is 0 Å². The number of aromatic nitrogens is 1. The molecular weight excluding hydrogens is 210 g/mol. The zero-order valence-electron chi connectivity index (χ0n) is 9.19. The number of aromatic carboxylic acids is 1. The molecule has 0 saturated carbocycles. The van der Waals surface area contributed by atoms with Crippen LogP contribution in [-0.4, -0.2) is 35.4 Å². The average Bonchev–Trinajstić information content (AvgIpc) is 2.09. The number of hydrogen-bond acceptors (Lipinski definition) is 4. The fourth-order valence-corrected chi connectivity index (χ4v) is 1.59. The molecule has 0 atom stereocenters. The molecule has 0 amide bonds. The summed E-state index contributed by atoms with van der Waals surface area (Å²) in [5, 5.41) is 9.09. The van der Waals surface area contributed by atoms with Crippen LogP contribution in [0.15, 0.2) is 6.07 Å². The third kappa shape index (κ3) is 1.99. The summed E-state index contributed by atoms with van der Waals surface area (Å²) in [6.45, 7) is 4.53. The molecule has 0 unspecified atom stereocenters. The molecule has 0 bridgehead atoms. The van der Waals surface area contributed by atoms with Crippen molar-refractivity contribution >= 4 is 5.97 Å². The number of carboxylic acid groups (broad SMARTS) is 1. The van der Waals surface area contributed by atoms with Crippen molar-refractivity contribution in [1.29, 1.82) is 0 Å². The van der Waals surface area contributed by atoms with Crippen molar-refractivity contribution in [2.75, 3.05) is 13.2 Å². The largest absolute Gasteiger partial charge is 0.477 e. The van der Waals surface area contributed by atoms with Crippen molar-refractivity contribution < 1.29 is 19.4 Å². The van der Waals surface area contributed by atoms with Crippen molar-refractivity contribution in [3.8, 4) is 5.88 Å². The van der Waals surface area contributed by atoms with Crippen LogP contribution < -0.4 is 4.74 Å². The Kier molecular flexibility index (Phi) is 2.78. The standard InChI is InChI=1S/C11H13NO4/c1-6-3-7(2)12-10(9(6)11(13)14)16-8-4-15-5-8/h3,8H,4-5H2,1-2H3,(H,13,14). The van der Waals surface area contributed by atoms with Gasteiger partial charge in [-0.1, -0.05) is 0 Å². The predicted octanol–water partition coefficient (Wildman–Crippen LogP) is 1.17. The minimum absolute atomic E-state index is 0.0770. The van der Waals surface area contributed by atoms with E-state index in [1.807, 2.05) is 6.92 Å². The zero-order chi connectivity index (χ0) is 11.7. The van der Waals surface area contributed by atoms with Crippen LogP contribution in [0, 0.1) is 13.8 Å². The Morgan fingerprint density at radius 1 is 1.56 bits per heavy atom. The van der Waals surface area contributed by atoms with E-state index >= 15 is 0 Å². The fraction of sp³-hybridized carbons (Fsp3) is 0.455. The minimum atomic E-state index is -1.01. The minimum Gasteiger partial charge on any atom is -0.477 e. The quantitative estimate of drug-likeness (QED) is 0.833. The monoisotopic (exact) mass is 223 g/mol. The highest BCUT2D eigenvalue weighted by molar-refractivity contribution is 5.91. The molecular formula is C11H13NO4. The van der Waals surface area contributed by atoms with E-state index in [4.69, 9.17) is 14.6 Å². The van der Waals surface area contributed by atoms with Crippen LogP contribution >= 0.6 is 0 Å². The summed E-state index contributed by atoms with van der Waals surface area (Å²) in [7, 11) is 0.